The molecule has 6 nitrogen and oxygen atoms in total. The molecule has 1 fully saturated rings. The van der Waals surface area contributed by atoms with E-state index in [9.17, 15) is 4.79 Å². The van der Waals surface area contributed by atoms with Gasteiger partial charge in [-0.05, 0) is 42.5 Å². The van der Waals surface area contributed by atoms with Gasteiger partial charge in [0.15, 0.2) is 5.89 Å². The van der Waals surface area contributed by atoms with E-state index in [-0.39, 0.29) is 11.8 Å². The van der Waals surface area contributed by atoms with Gasteiger partial charge in [0.2, 0.25) is 0 Å². The highest BCUT2D eigenvalue weighted by atomic mass is 35.5. The lowest BCUT2D eigenvalue weighted by molar-refractivity contribution is 0.0692. The summed E-state index contributed by atoms with van der Waals surface area (Å²) in [6, 6.07) is 9.57. The summed E-state index contributed by atoms with van der Waals surface area (Å²) in [4.78, 5) is 19.2. The molecule has 1 amide bonds. The molecule has 1 aromatic carbocycles. The number of amides is 1. The Kier molecular flexibility index (Phi) is 5.72. The van der Waals surface area contributed by atoms with Crippen LogP contribution in [0.3, 0.4) is 0 Å². The highest BCUT2D eigenvalue weighted by Crippen LogP contribution is 2.28. The maximum absolute atomic E-state index is 12.9. The first-order valence-electron chi connectivity index (χ1n) is 10.0. The Hall–Kier alpha value is -2.60. The Morgan fingerprint density at radius 3 is 2.86 bits per heavy atom. The second-order valence-corrected chi connectivity index (χ2v) is 8.36. The SMILES string of the molecule is CC(C)c1cc(C(=O)N2CCC[C@H](c3ncc(Cc4ccc(Cl)cc4)o3)C2)n[nH]1. The number of carbonyl (C=O) groups excluding carboxylic acids is 1. The quantitative estimate of drug-likeness (QED) is 0.654. The molecule has 1 N–H and O–H groups in total. The average Bonchev–Trinajstić information content (AvgIpc) is 3.39. The molecule has 1 saturated heterocycles. The number of nitrogens with zero attached hydrogens (tertiary/aromatic N) is 3. The largest absolute Gasteiger partial charge is 0.445 e. The number of rotatable bonds is 5. The topological polar surface area (TPSA) is 75.0 Å². The van der Waals surface area contributed by atoms with Crippen LogP contribution in [0.25, 0.3) is 0 Å². The third-order valence-corrected chi connectivity index (χ3v) is 5.61. The molecule has 7 heteroatoms. The zero-order chi connectivity index (χ0) is 20.4. The van der Waals surface area contributed by atoms with Crippen LogP contribution in [0.15, 0.2) is 40.9 Å². The van der Waals surface area contributed by atoms with E-state index in [0.29, 0.717) is 30.5 Å². The van der Waals surface area contributed by atoms with Gasteiger partial charge in [-0.15, -0.1) is 0 Å². The number of nitrogens with one attached hydrogen (secondary N) is 1. The fraction of sp³-hybridized carbons (Fsp3) is 0.409. The summed E-state index contributed by atoms with van der Waals surface area (Å²) in [5.41, 5.74) is 2.57. The van der Waals surface area contributed by atoms with Gasteiger partial charge < -0.3 is 9.32 Å². The van der Waals surface area contributed by atoms with Gasteiger partial charge in [0.25, 0.3) is 5.91 Å². The van der Waals surface area contributed by atoms with E-state index >= 15 is 0 Å². The molecule has 3 aromatic rings. The molecular weight excluding hydrogens is 388 g/mol. The van der Waals surface area contributed by atoms with Crippen molar-refractivity contribution in [3.05, 3.63) is 70.2 Å². The number of likely N-dealkylation sites (tertiary alicyclic amines) is 1. The number of piperidine rings is 1. The van der Waals surface area contributed by atoms with Crippen molar-refractivity contribution in [1.82, 2.24) is 20.1 Å². The lowest BCUT2D eigenvalue weighted by atomic mass is 9.97. The van der Waals surface area contributed by atoms with Crippen LogP contribution < -0.4 is 0 Å². The minimum Gasteiger partial charge on any atom is -0.445 e. The normalized spacial score (nSPS) is 17.1. The number of aromatic nitrogens is 3. The van der Waals surface area contributed by atoms with Crippen molar-refractivity contribution in [1.29, 1.82) is 0 Å². The predicted octanol–water partition coefficient (Wildman–Crippen LogP) is 4.79. The Morgan fingerprint density at radius 2 is 2.14 bits per heavy atom. The average molecular weight is 413 g/mol. The molecule has 0 saturated carbocycles. The fourth-order valence-corrected chi connectivity index (χ4v) is 3.79. The zero-order valence-electron chi connectivity index (χ0n) is 16.7. The minimum absolute atomic E-state index is 0.0363. The third kappa shape index (κ3) is 4.53. The second kappa shape index (κ2) is 8.41. The van der Waals surface area contributed by atoms with Crippen molar-refractivity contribution < 1.29 is 9.21 Å². The number of carbonyl (C=O) groups is 1. The minimum atomic E-state index is -0.0363. The van der Waals surface area contributed by atoms with E-state index < -0.39 is 0 Å². The standard InChI is InChI=1S/C22H25ClN4O2/c1-14(2)19-11-20(26-25-19)22(28)27-9-3-4-16(13-27)21-24-12-18(29-21)10-15-5-7-17(23)8-6-15/h5-8,11-12,14,16H,3-4,9-10,13H2,1-2H3,(H,25,26)/t16-/m0/s1. The lowest BCUT2D eigenvalue weighted by Gasteiger charge is -2.30. The molecule has 1 aliphatic heterocycles. The molecule has 0 spiro atoms. The summed E-state index contributed by atoms with van der Waals surface area (Å²) in [5, 5.41) is 7.88. The van der Waals surface area contributed by atoms with Crippen molar-refractivity contribution >= 4 is 17.5 Å². The number of halogens is 1. The van der Waals surface area contributed by atoms with Gasteiger partial charge in [-0.1, -0.05) is 37.6 Å². The number of H-pyrrole nitrogens is 1. The predicted molar refractivity (Wildman–Crippen MR) is 111 cm³/mol. The molecule has 1 atom stereocenters. The Bertz CT molecular complexity index is 977. The van der Waals surface area contributed by atoms with Crippen molar-refractivity contribution in [2.75, 3.05) is 13.1 Å². The summed E-state index contributed by atoms with van der Waals surface area (Å²) >= 11 is 5.95. The van der Waals surface area contributed by atoms with Gasteiger partial charge in [0.05, 0.1) is 12.1 Å². The van der Waals surface area contributed by atoms with E-state index in [4.69, 9.17) is 16.0 Å². The highest BCUT2D eigenvalue weighted by molar-refractivity contribution is 6.30. The zero-order valence-corrected chi connectivity index (χ0v) is 17.4. The molecule has 2 aromatic heterocycles. The number of aromatic amines is 1. The molecule has 0 bridgehead atoms. The third-order valence-electron chi connectivity index (χ3n) is 5.36. The van der Waals surface area contributed by atoms with Crippen LogP contribution in [0, 0.1) is 0 Å². The molecule has 0 aliphatic carbocycles. The van der Waals surface area contributed by atoms with Crippen LogP contribution in [-0.2, 0) is 6.42 Å². The van der Waals surface area contributed by atoms with E-state index in [2.05, 4.69) is 29.0 Å². The Balaban J connectivity index is 1.42. The fourth-order valence-electron chi connectivity index (χ4n) is 3.66. The van der Waals surface area contributed by atoms with Crippen molar-refractivity contribution in [2.45, 2.75) is 44.9 Å². The second-order valence-electron chi connectivity index (χ2n) is 7.92. The van der Waals surface area contributed by atoms with E-state index in [0.717, 1.165) is 41.4 Å². The van der Waals surface area contributed by atoms with Gasteiger partial charge in [0.1, 0.15) is 11.5 Å². The number of hydrogen-bond donors (Lipinski definition) is 1. The van der Waals surface area contributed by atoms with E-state index in [1.54, 1.807) is 6.20 Å². The van der Waals surface area contributed by atoms with Crippen LogP contribution in [0.1, 0.15) is 71.9 Å². The van der Waals surface area contributed by atoms with Crippen molar-refractivity contribution in [3.8, 4) is 0 Å². The summed E-state index contributed by atoms with van der Waals surface area (Å²) in [6.45, 7) is 5.48. The van der Waals surface area contributed by atoms with Crippen LogP contribution >= 0.6 is 11.6 Å². The number of oxazole rings is 1. The maximum Gasteiger partial charge on any atom is 0.274 e. The highest BCUT2D eigenvalue weighted by Gasteiger charge is 2.29. The number of benzene rings is 1. The molecule has 0 radical (unpaired) electrons. The van der Waals surface area contributed by atoms with Crippen LogP contribution in [0.4, 0.5) is 0 Å². The van der Waals surface area contributed by atoms with Crippen LogP contribution in [-0.4, -0.2) is 39.1 Å². The van der Waals surface area contributed by atoms with Gasteiger partial charge in [-0.3, -0.25) is 9.89 Å². The van der Waals surface area contributed by atoms with Gasteiger partial charge in [0, 0.05) is 30.2 Å². The lowest BCUT2D eigenvalue weighted by Crippen LogP contribution is -2.39. The smallest absolute Gasteiger partial charge is 0.274 e. The van der Waals surface area contributed by atoms with E-state index in [1.165, 1.54) is 0 Å². The monoisotopic (exact) mass is 412 g/mol. The van der Waals surface area contributed by atoms with Crippen LogP contribution in [0.2, 0.25) is 5.02 Å². The molecule has 152 valence electrons. The Morgan fingerprint density at radius 1 is 1.34 bits per heavy atom. The molecule has 3 heterocycles. The maximum atomic E-state index is 12.9. The van der Waals surface area contributed by atoms with Crippen LogP contribution in [0.5, 0.6) is 0 Å². The van der Waals surface area contributed by atoms with E-state index in [1.807, 2.05) is 35.2 Å². The summed E-state index contributed by atoms with van der Waals surface area (Å²) in [7, 11) is 0. The Labute approximate surface area is 175 Å². The van der Waals surface area contributed by atoms with Crippen molar-refractivity contribution in [2.24, 2.45) is 0 Å². The first kappa shape index (κ1) is 19.7. The van der Waals surface area contributed by atoms with Gasteiger partial charge in [-0.25, -0.2) is 4.98 Å². The first-order valence-corrected chi connectivity index (χ1v) is 10.4. The number of hydrogen-bond acceptors (Lipinski definition) is 4. The summed E-state index contributed by atoms with van der Waals surface area (Å²) in [6.07, 6.45) is 4.34. The van der Waals surface area contributed by atoms with Crippen molar-refractivity contribution in [3.63, 3.8) is 0 Å². The van der Waals surface area contributed by atoms with Gasteiger partial charge >= 0.3 is 0 Å². The first-order chi connectivity index (χ1) is 14.0. The molecule has 29 heavy (non-hydrogen) atoms. The molecule has 1 aliphatic rings. The molecular formula is C22H25ClN4O2. The van der Waals surface area contributed by atoms with Gasteiger partial charge in [-0.2, -0.15) is 5.10 Å². The summed E-state index contributed by atoms with van der Waals surface area (Å²) in [5.74, 6) is 1.90. The molecule has 0 unspecified atom stereocenters. The summed E-state index contributed by atoms with van der Waals surface area (Å²) < 4.78 is 6.02. The molecule has 4 rings (SSSR count).